The zero-order valence-electron chi connectivity index (χ0n) is 15.9. The first-order chi connectivity index (χ1) is 12.7. The second kappa shape index (κ2) is 7.61. The number of rotatable bonds is 5. The quantitative estimate of drug-likeness (QED) is 0.803. The van der Waals surface area contributed by atoms with Crippen LogP contribution in [0.1, 0.15) is 38.8 Å². The van der Waals surface area contributed by atoms with Gasteiger partial charge in [0.2, 0.25) is 11.8 Å². The number of nitrogens with one attached hydrogen (secondary N) is 1. The monoisotopic (exact) mass is 386 g/mol. The van der Waals surface area contributed by atoms with Crippen LogP contribution in [0.4, 0.5) is 0 Å². The third-order valence-electron chi connectivity index (χ3n) is 4.10. The molecule has 0 aliphatic carbocycles. The van der Waals surface area contributed by atoms with Crippen LogP contribution in [0.2, 0.25) is 5.02 Å². The molecule has 1 amide bonds. The maximum atomic E-state index is 11.0. The van der Waals surface area contributed by atoms with Crippen molar-refractivity contribution in [3.05, 3.63) is 52.7 Å². The lowest BCUT2D eigenvalue weighted by Gasteiger charge is -2.16. The predicted octanol–water partition coefficient (Wildman–Crippen LogP) is 4.78. The molecule has 0 fully saturated rings. The van der Waals surface area contributed by atoms with E-state index >= 15 is 0 Å². The number of halogens is 1. The van der Waals surface area contributed by atoms with Crippen LogP contribution in [0.15, 0.2) is 36.5 Å². The number of ether oxygens (including phenoxy) is 2. The lowest BCUT2D eigenvalue weighted by atomic mass is 10.0. The topological polar surface area (TPSA) is 60.5 Å². The molecule has 1 aromatic carbocycles. The summed E-state index contributed by atoms with van der Waals surface area (Å²) in [6.45, 7) is 7.49. The van der Waals surface area contributed by atoms with Gasteiger partial charge in [-0.15, -0.1) is 0 Å². The van der Waals surface area contributed by atoms with Gasteiger partial charge >= 0.3 is 0 Å². The van der Waals surface area contributed by atoms with Crippen molar-refractivity contribution >= 4 is 23.6 Å². The molecule has 0 saturated heterocycles. The first-order valence-corrected chi connectivity index (χ1v) is 9.20. The summed E-state index contributed by atoms with van der Waals surface area (Å²) < 4.78 is 11.7. The van der Waals surface area contributed by atoms with Gasteiger partial charge in [-0.2, -0.15) is 0 Å². The summed E-state index contributed by atoms with van der Waals surface area (Å²) in [5, 5.41) is 3.28. The highest BCUT2D eigenvalue weighted by Gasteiger charge is 2.31. The number of carbonyl (C=O) groups is 1. The molecule has 0 saturated carbocycles. The van der Waals surface area contributed by atoms with Gasteiger partial charge in [-0.3, -0.25) is 4.79 Å². The number of pyridine rings is 1. The standard InChI is InChI=1S/C21H23ClN2O3/c1-13(24-14(2)25)5-6-15-7-8-20(23-12-15)26-19-9-16-11-21(3,4)27-18(16)10-17(19)22/h5-10,12-13H,11H2,1-4H3,(H,24,25)/b6-5+/t13-/m0/s1. The Morgan fingerprint density at radius 3 is 2.85 bits per heavy atom. The van der Waals surface area contributed by atoms with Crippen molar-refractivity contribution in [3.63, 3.8) is 0 Å². The van der Waals surface area contributed by atoms with E-state index in [2.05, 4.69) is 10.3 Å². The molecule has 1 aliphatic rings. The van der Waals surface area contributed by atoms with Crippen molar-refractivity contribution in [2.75, 3.05) is 0 Å². The van der Waals surface area contributed by atoms with Crippen LogP contribution in [0.25, 0.3) is 6.08 Å². The van der Waals surface area contributed by atoms with Gasteiger partial charge in [0.15, 0.2) is 0 Å². The molecule has 6 heteroatoms. The molecule has 0 radical (unpaired) electrons. The fraction of sp³-hybridized carbons (Fsp3) is 0.333. The average Bonchev–Trinajstić information content (AvgIpc) is 2.87. The third-order valence-corrected chi connectivity index (χ3v) is 4.39. The molecule has 0 spiro atoms. The second-order valence-electron chi connectivity index (χ2n) is 7.31. The number of fused-ring (bicyclic) bond motifs is 1. The average molecular weight is 387 g/mol. The minimum absolute atomic E-state index is 0.0462. The third kappa shape index (κ3) is 5.01. The fourth-order valence-electron chi connectivity index (χ4n) is 2.97. The molecular formula is C21H23ClN2O3. The zero-order chi connectivity index (χ0) is 19.6. The maximum absolute atomic E-state index is 11.0. The van der Waals surface area contributed by atoms with Crippen LogP contribution in [0, 0.1) is 0 Å². The van der Waals surface area contributed by atoms with E-state index in [9.17, 15) is 4.79 Å². The summed E-state index contributed by atoms with van der Waals surface area (Å²) in [4.78, 5) is 15.4. The SMILES string of the molecule is CC(=O)N[C@@H](C)/C=C/c1ccc(Oc2cc3c(cc2Cl)OC(C)(C)C3)nc1. The number of benzene rings is 1. The highest BCUT2D eigenvalue weighted by Crippen LogP contribution is 2.41. The number of aromatic nitrogens is 1. The van der Waals surface area contributed by atoms with Crippen molar-refractivity contribution in [1.29, 1.82) is 0 Å². The minimum atomic E-state index is -0.231. The number of nitrogens with zero attached hydrogens (tertiary/aromatic N) is 1. The van der Waals surface area contributed by atoms with E-state index < -0.39 is 0 Å². The van der Waals surface area contributed by atoms with Crippen LogP contribution in [-0.4, -0.2) is 22.5 Å². The van der Waals surface area contributed by atoms with E-state index in [0.29, 0.717) is 16.7 Å². The molecular weight excluding hydrogens is 364 g/mol. The molecule has 5 nitrogen and oxygen atoms in total. The molecule has 2 aromatic rings. The van der Waals surface area contributed by atoms with Crippen LogP contribution in [0.3, 0.4) is 0 Å². The molecule has 0 unspecified atom stereocenters. The van der Waals surface area contributed by atoms with Crippen molar-refractivity contribution in [2.24, 2.45) is 0 Å². The van der Waals surface area contributed by atoms with Gasteiger partial charge in [0.1, 0.15) is 17.1 Å². The Kier molecular flexibility index (Phi) is 5.42. The molecule has 3 rings (SSSR count). The molecule has 0 bridgehead atoms. The Morgan fingerprint density at radius 2 is 2.19 bits per heavy atom. The molecule has 1 aromatic heterocycles. The Morgan fingerprint density at radius 1 is 1.41 bits per heavy atom. The molecule has 142 valence electrons. The number of hydrogen-bond donors (Lipinski definition) is 1. The molecule has 2 heterocycles. The van der Waals surface area contributed by atoms with Crippen molar-refractivity contribution < 1.29 is 14.3 Å². The minimum Gasteiger partial charge on any atom is -0.487 e. The lowest BCUT2D eigenvalue weighted by molar-refractivity contribution is -0.119. The largest absolute Gasteiger partial charge is 0.487 e. The first-order valence-electron chi connectivity index (χ1n) is 8.82. The smallest absolute Gasteiger partial charge is 0.219 e. The summed E-state index contributed by atoms with van der Waals surface area (Å²) in [5.74, 6) is 1.77. The van der Waals surface area contributed by atoms with Gasteiger partial charge in [0.25, 0.3) is 0 Å². The van der Waals surface area contributed by atoms with Crippen molar-refractivity contribution in [2.45, 2.75) is 45.8 Å². The summed E-state index contributed by atoms with van der Waals surface area (Å²) in [6.07, 6.45) is 6.32. The summed E-state index contributed by atoms with van der Waals surface area (Å²) in [5.41, 5.74) is 1.76. The van der Waals surface area contributed by atoms with Gasteiger partial charge in [-0.25, -0.2) is 4.98 Å². The molecule has 27 heavy (non-hydrogen) atoms. The predicted molar refractivity (Wildman–Crippen MR) is 106 cm³/mol. The molecule has 1 N–H and O–H groups in total. The van der Waals surface area contributed by atoms with Gasteiger partial charge in [-0.1, -0.05) is 23.8 Å². The van der Waals surface area contributed by atoms with Gasteiger partial charge in [-0.05, 0) is 38.5 Å². The Hall–Kier alpha value is -2.53. The number of carbonyl (C=O) groups excluding carboxylic acids is 1. The van der Waals surface area contributed by atoms with E-state index in [1.807, 2.05) is 45.1 Å². The number of amides is 1. The molecule has 1 aliphatic heterocycles. The van der Waals surface area contributed by atoms with E-state index in [1.165, 1.54) is 6.92 Å². The van der Waals surface area contributed by atoms with Crippen LogP contribution in [-0.2, 0) is 11.2 Å². The van der Waals surface area contributed by atoms with Gasteiger partial charge in [0, 0.05) is 43.3 Å². The van der Waals surface area contributed by atoms with Crippen molar-refractivity contribution in [3.8, 4) is 17.4 Å². The van der Waals surface area contributed by atoms with Crippen LogP contribution < -0.4 is 14.8 Å². The summed E-state index contributed by atoms with van der Waals surface area (Å²) in [7, 11) is 0. The Labute approximate surface area is 164 Å². The maximum Gasteiger partial charge on any atom is 0.219 e. The van der Waals surface area contributed by atoms with Crippen LogP contribution in [0.5, 0.6) is 17.4 Å². The summed E-state index contributed by atoms with van der Waals surface area (Å²) >= 11 is 6.33. The van der Waals surface area contributed by atoms with E-state index in [-0.39, 0.29) is 17.6 Å². The summed E-state index contributed by atoms with van der Waals surface area (Å²) in [6, 6.07) is 7.34. The zero-order valence-corrected chi connectivity index (χ0v) is 16.6. The van der Waals surface area contributed by atoms with E-state index in [1.54, 1.807) is 18.3 Å². The van der Waals surface area contributed by atoms with Gasteiger partial charge < -0.3 is 14.8 Å². The highest BCUT2D eigenvalue weighted by molar-refractivity contribution is 6.32. The number of hydrogen-bond acceptors (Lipinski definition) is 4. The first kappa shape index (κ1) is 19.2. The van der Waals surface area contributed by atoms with E-state index in [4.69, 9.17) is 21.1 Å². The normalized spacial score (nSPS) is 15.9. The Balaban J connectivity index is 1.69. The van der Waals surface area contributed by atoms with E-state index in [0.717, 1.165) is 23.3 Å². The Bertz CT molecular complexity index is 876. The second-order valence-corrected chi connectivity index (χ2v) is 7.72. The molecule has 1 atom stereocenters. The van der Waals surface area contributed by atoms with Gasteiger partial charge in [0.05, 0.1) is 5.02 Å². The van der Waals surface area contributed by atoms with Crippen LogP contribution >= 0.6 is 11.6 Å². The fourth-order valence-corrected chi connectivity index (χ4v) is 3.16. The lowest BCUT2D eigenvalue weighted by Crippen LogP contribution is -2.28. The van der Waals surface area contributed by atoms with Crippen molar-refractivity contribution in [1.82, 2.24) is 10.3 Å². The highest BCUT2D eigenvalue weighted by atomic mass is 35.5.